The van der Waals surface area contributed by atoms with E-state index in [4.69, 9.17) is 0 Å². The zero-order valence-corrected chi connectivity index (χ0v) is 11.7. The highest BCUT2D eigenvalue weighted by Crippen LogP contribution is 2.23. The Labute approximate surface area is 114 Å². The summed E-state index contributed by atoms with van der Waals surface area (Å²) in [7, 11) is 1.78. The predicted octanol–water partition coefficient (Wildman–Crippen LogP) is 1.56. The predicted molar refractivity (Wildman–Crippen MR) is 74.5 cm³/mol. The van der Waals surface area contributed by atoms with Crippen LogP contribution in [0.5, 0.6) is 0 Å². The Balaban J connectivity index is 2.06. The Morgan fingerprint density at radius 3 is 2.95 bits per heavy atom. The van der Waals surface area contributed by atoms with E-state index in [0.717, 1.165) is 10.4 Å². The highest BCUT2D eigenvalue weighted by molar-refractivity contribution is 7.16. The van der Waals surface area contributed by atoms with E-state index in [9.17, 15) is 9.59 Å². The molecule has 0 radical (unpaired) electrons. The Morgan fingerprint density at radius 2 is 2.21 bits per heavy atom. The van der Waals surface area contributed by atoms with Crippen LogP contribution in [-0.2, 0) is 4.79 Å². The smallest absolute Gasteiger partial charge is 0.262 e. The van der Waals surface area contributed by atoms with Gasteiger partial charge in [0.1, 0.15) is 4.83 Å². The number of likely N-dealkylation sites (N-methyl/N-ethyl adjacent to an activating group) is 1. The molecule has 5 nitrogen and oxygen atoms in total. The second kappa shape index (κ2) is 4.45. The van der Waals surface area contributed by atoms with Crippen LogP contribution in [-0.4, -0.2) is 34.0 Å². The average molecular weight is 277 g/mol. The van der Waals surface area contributed by atoms with E-state index in [1.165, 1.54) is 11.3 Å². The molecule has 1 aliphatic rings. The first-order valence-corrected chi connectivity index (χ1v) is 7.15. The third-order valence-electron chi connectivity index (χ3n) is 3.70. The number of aryl methyl sites for hydroxylation is 1. The number of piperidine rings is 1. The number of carbonyl (C=O) groups is 1. The highest BCUT2D eigenvalue weighted by atomic mass is 32.1. The van der Waals surface area contributed by atoms with Gasteiger partial charge in [-0.15, -0.1) is 11.3 Å². The summed E-state index contributed by atoms with van der Waals surface area (Å²) in [6, 6.07) is 0.0337. The Hall–Kier alpha value is -1.69. The van der Waals surface area contributed by atoms with Crippen LogP contribution in [0.2, 0.25) is 0 Å². The minimum Gasteiger partial charge on any atom is -0.344 e. The molecular formula is C13H15N3O2S. The van der Waals surface area contributed by atoms with E-state index < -0.39 is 0 Å². The lowest BCUT2D eigenvalue weighted by Crippen LogP contribution is -2.40. The van der Waals surface area contributed by atoms with Crippen molar-refractivity contribution >= 4 is 27.5 Å². The van der Waals surface area contributed by atoms with Crippen LogP contribution >= 0.6 is 11.3 Å². The van der Waals surface area contributed by atoms with Gasteiger partial charge in [-0.3, -0.25) is 14.2 Å². The van der Waals surface area contributed by atoms with Crippen LogP contribution in [0, 0.1) is 6.92 Å². The van der Waals surface area contributed by atoms with Gasteiger partial charge >= 0.3 is 0 Å². The van der Waals surface area contributed by atoms with Crippen LogP contribution in [0.1, 0.15) is 24.4 Å². The number of fused-ring (bicyclic) bond motifs is 1. The van der Waals surface area contributed by atoms with E-state index in [2.05, 4.69) is 4.98 Å². The number of rotatable bonds is 1. The number of hydrogen-bond donors (Lipinski definition) is 0. The zero-order chi connectivity index (χ0) is 13.6. The van der Waals surface area contributed by atoms with Crippen molar-refractivity contribution in [3.63, 3.8) is 0 Å². The van der Waals surface area contributed by atoms with Crippen molar-refractivity contribution in [2.24, 2.45) is 0 Å². The third-order valence-corrected chi connectivity index (χ3v) is 4.70. The lowest BCUT2D eigenvalue weighted by atomic mass is 10.1. The monoisotopic (exact) mass is 277 g/mol. The standard InChI is InChI=1S/C13H15N3O2S/c1-8-6-19-12-11(8)13(18)16(7-14-12)9-3-4-10(17)15(2)5-9/h6-7,9H,3-5H2,1-2H3/t9-/m0/s1. The van der Waals surface area contributed by atoms with E-state index in [-0.39, 0.29) is 17.5 Å². The van der Waals surface area contributed by atoms with Crippen LogP contribution in [0.4, 0.5) is 0 Å². The number of nitrogens with zero attached hydrogens (tertiary/aromatic N) is 3. The minimum absolute atomic E-state index is 0.0106. The normalized spacial score (nSPS) is 20.2. The molecule has 3 rings (SSSR count). The molecule has 3 heterocycles. The van der Waals surface area contributed by atoms with E-state index in [1.807, 2.05) is 12.3 Å². The number of carbonyl (C=O) groups excluding carboxylic acids is 1. The molecule has 1 saturated heterocycles. The molecule has 1 amide bonds. The lowest BCUT2D eigenvalue weighted by Gasteiger charge is -2.30. The van der Waals surface area contributed by atoms with Crippen molar-refractivity contribution in [2.45, 2.75) is 25.8 Å². The highest BCUT2D eigenvalue weighted by Gasteiger charge is 2.25. The number of amides is 1. The molecule has 0 N–H and O–H groups in total. The Bertz CT molecular complexity index is 703. The van der Waals surface area contributed by atoms with Gasteiger partial charge in [0.2, 0.25) is 5.91 Å². The van der Waals surface area contributed by atoms with Gasteiger partial charge < -0.3 is 4.90 Å². The Morgan fingerprint density at radius 1 is 1.42 bits per heavy atom. The summed E-state index contributed by atoms with van der Waals surface area (Å²) in [6.45, 7) is 2.51. The molecule has 0 aromatic carbocycles. The molecule has 6 heteroatoms. The first-order valence-electron chi connectivity index (χ1n) is 6.27. The average Bonchev–Trinajstić information content (AvgIpc) is 2.76. The quantitative estimate of drug-likeness (QED) is 0.795. The molecule has 0 saturated carbocycles. The number of aromatic nitrogens is 2. The topological polar surface area (TPSA) is 55.2 Å². The fourth-order valence-electron chi connectivity index (χ4n) is 2.56. The van der Waals surface area contributed by atoms with Crippen LogP contribution in [0.15, 0.2) is 16.5 Å². The first-order chi connectivity index (χ1) is 9.08. The molecule has 1 fully saturated rings. The summed E-state index contributed by atoms with van der Waals surface area (Å²) in [5.74, 6) is 0.144. The van der Waals surface area contributed by atoms with Crippen LogP contribution < -0.4 is 5.56 Å². The number of likely N-dealkylation sites (tertiary alicyclic amines) is 1. The SMILES string of the molecule is Cc1csc2ncn([C@H]3CCC(=O)N(C)C3)c(=O)c12. The second-order valence-corrected chi connectivity index (χ2v) is 5.88. The number of hydrogen-bond acceptors (Lipinski definition) is 4. The molecule has 100 valence electrons. The van der Waals surface area contributed by atoms with Gasteiger partial charge in [-0.1, -0.05) is 0 Å². The molecule has 1 aliphatic heterocycles. The van der Waals surface area contributed by atoms with Gasteiger partial charge in [-0.25, -0.2) is 4.98 Å². The second-order valence-electron chi connectivity index (χ2n) is 5.02. The fraction of sp³-hybridized carbons (Fsp3) is 0.462. The van der Waals surface area contributed by atoms with Gasteiger partial charge in [0.15, 0.2) is 0 Å². The number of thiophene rings is 1. The molecule has 0 unspecified atom stereocenters. The summed E-state index contributed by atoms with van der Waals surface area (Å²) < 4.78 is 1.69. The summed E-state index contributed by atoms with van der Waals surface area (Å²) in [4.78, 5) is 30.9. The lowest BCUT2D eigenvalue weighted by molar-refractivity contribution is -0.132. The minimum atomic E-state index is 0.0106. The molecule has 0 bridgehead atoms. The first kappa shape index (κ1) is 12.3. The summed E-state index contributed by atoms with van der Waals surface area (Å²) in [5, 5.41) is 2.67. The van der Waals surface area contributed by atoms with Gasteiger partial charge in [0.25, 0.3) is 5.56 Å². The summed E-state index contributed by atoms with van der Waals surface area (Å²) in [5.41, 5.74) is 0.989. The maximum atomic E-state index is 12.5. The summed E-state index contributed by atoms with van der Waals surface area (Å²) >= 11 is 1.50. The van der Waals surface area contributed by atoms with Gasteiger partial charge in [-0.2, -0.15) is 0 Å². The van der Waals surface area contributed by atoms with Crippen molar-refractivity contribution < 1.29 is 4.79 Å². The van der Waals surface area contributed by atoms with Gasteiger partial charge in [0.05, 0.1) is 17.8 Å². The largest absolute Gasteiger partial charge is 0.344 e. The zero-order valence-electron chi connectivity index (χ0n) is 10.9. The van der Waals surface area contributed by atoms with Crippen molar-refractivity contribution in [3.8, 4) is 0 Å². The fourth-order valence-corrected chi connectivity index (χ4v) is 3.44. The molecule has 2 aromatic rings. The van der Waals surface area contributed by atoms with Crippen LogP contribution in [0.25, 0.3) is 10.2 Å². The van der Waals surface area contributed by atoms with Gasteiger partial charge in [0, 0.05) is 20.0 Å². The molecule has 1 atom stereocenters. The van der Waals surface area contributed by atoms with Crippen molar-refractivity contribution in [1.82, 2.24) is 14.5 Å². The van der Waals surface area contributed by atoms with Crippen LogP contribution in [0.3, 0.4) is 0 Å². The van der Waals surface area contributed by atoms with E-state index in [1.54, 1.807) is 22.8 Å². The molecule has 0 aliphatic carbocycles. The molecular weight excluding hydrogens is 262 g/mol. The maximum Gasteiger partial charge on any atom is 0.262 e. The molecule has 0 spiro atoms. The third kappa shape index (κ3) is 1.96. The maximum absolute atomic E-state index is 12.5. The van der Waals surface area contributed by atoms with Gasteiger partial charge in [-0.05, 0) is 24.3 Å². The molecule has 19 heavy (non-hydrogen) atoms. The Kier molecular flexibility index (Phi) is 2.89. The summed E-state index contributed by atoms with van der Waals surface area (Å²) in [6.07, 6.45) is 2.82. The molecule has 2 aromatic heterocycles. The van der Waals surface area contributed by atoms with Crippen molar-refractivity contribution in [3.05, 3.63) is 27.6 Å². The van der Waals surface area contributed by atoms with Crippen molar-refractivity contribution in [2.75, 3.05) is 13.6 Å². The van der Waals surface area contributed by atoms with Crippen molar-refractivity contribution in [1.29, 1.82) is 0 Å². The van der Waals surface area contributed by atoms with E-state index in [0.29, 0.717) is 24.8 Å². The van der Waals surface area contributed by atoms with E-state index >= 15 is 0 Å².